The third kappa shape index (κ3) is 7.02. The Kier molecular flexibility index (Phi) is 10.7. The van der Waals surface area contributed by atoms with Crippen LogP contribution in [0.25, 0.3) is 0 Å². The summed E-state index contributed by atoms with van der Waals surface area (Å²) in [7, 11) is -3.47. The fourth-order valence-corrected chi connectivity index (χ4v) is 3.64. The number of carbonyl (C=O) groups excluding carboxylic acids is 1. The summed E-state index contributed by atoms with van der Waals surface area (Å²) in [5, 5.41) is 0. The molecule has 2 rings (SSSR count). The lowest BCUT2D eigenvalue weighted by molar-refractivity contribution is -0.133. The normalized spacial score (nSPS) is 16.3. The lowest BCUT2D eigenvalue weighted by Gasteiger charge is -2.35. The van der Waals surface area contributed by atoms with Gasteiger partial charge in [-0.2, -0.15) is 0 Å². The number of amides is 1. The lowest BCUT2D eigenvalue weighted by Crippen LogP contribution is -2.53. The molecule has 0 unspecified atom stereocenters. The number of hydrogen-bond acceptors (Lipinski definition) is 5. The van der Waals surface area contributed by atoms with Gasteiger partial charge in [-0.3, -0.25) is 9.69 Å². The Morgan fingerprint density at radius 1 is 1.15 bits per heavy atom. The second-order valence-corrected chi connectivity index (χ2v) is 7.93. The second kappa shape index (κ2) is 11.1. The third-order valence-electron chi connectivity index (χ3n) is 4.12. The van der Waals surface area contributed by atoms with E-state index in [0.717, 1.165) is 18.7 Å². The van der Waals surface area contributed by atoms with Crippen LogP contribution < -0.4 is 10.5 Å². The fraction of sp³-hybridized carbons (Fsp3) is 0.562. The van der Waals surface area contributed by atoms with Gasteiger partial charge in [-0.05, 0) is 26.0 Å². The van der Waals surface area contributed by atoms with Crippen molar-refractivity contribution in [1.29, 1.82) is 0 Å². The summed E-state index contributed by atoms with van der Waals surface area (Å²) in [6.07, 6.45) is 0. The number of nitrogens with two attached hydrogens (primary N) is 1. The van der Waals surface area contributed by atoms with E-state index in [9.17, 15) is 13.2 Å². The highest BCUT2D eigenvalue weighted by atomic mass is 35.5. The molecule has 1 aliphatic heterocycles. The maximum atomic E-state index is 12.2. The predicted octanol–water partition coefficient (Wildman–Crippen LogP) is 0.608. The summed E-state index contributed by atoms with van der Waals surface area (Å²) in [5.74, 6) is -0.0327. The van der Waals surface area contributed by atoms with E-state index in [0.29, 0.717) is 26.2 Å². The minimum Gasteiger partial charge on any atom is -0.339 e. The first kappa shape index (κ1) is 25.1. The van der Waals surface area contributed by atoms with E-state index in [1.54, 1.807) is 36.1 Å². The minimum absolute atomic E-state index is 0. The second-order valence-electron chi connectivity index (χ2n) is 6.17. The number of halogens is 2. The molecule has 3 N–H and O–H groups in total. The molecular formula is C16H28Cl2N4O3S. The summed E-state index contributed by atoms with van der Waals surface area (Å²) >= 11 is 0. The van der Waals surface area contributed by atoms with E-state index in [1.807, 2.05) is 6.92 Å². The van der Waals surface area contributed by atoms with Crippen molar-refractivity contribution >= 4 is 40.7 Å². The number of rotatable bonds is 6. The highest BCUT2D eigenvalue weighted by Gasteiger charge is 2.23. The number of aryl methyl sites for hydroxylation is 1. The van der Waals surface area contributed by atoms with Gasteiger partial charge in [-0.15, -0.1) is 24.8 Å². The largest absolute Gasteiger partial charge is 0.339 e. The molecule has 1 heterocycles. The predicted molar refractivity (Wildman–Crippen MR) is 108 cm³/mol. The minimum atomic E-state index is -3.47. The lowest BCUT2D eigenvalue weighted by atomic mass is 10.2. The van der Waals surface area contributed by atoms with E-state index in [-0.39, 0.29) is 35.6 Å². The number of nitrogens with one attached hydrogen (secondary N) is 1. The molecule has 7 nitrogen and oxygen atoms in total. The van der Waals surface area contributed by atoms with Gasteiger partial charge in [-0.25, -0.2) is 13.1 Å². The zero-order valence-electron chi connectivity index (χ0n) is 15.1. The van der Waals surface area contributed by atoms with Crippen LogP contribution in [0.2, 0.25) is 0 Å². The van der Waals surface area contributed by atoms with Crippen LogP contribution in [0.4, 0.5) is 0 Å². The molecule has 0 radical (unpaired) electrons. The number of nitrogens with zero attached hydrogens (tertiary/aromatic N) is 2. The number of hydrogen-bond donors (Lipinski definition) is 2. The number of sulfonamides is 1. The van der Waals surface area contributed by atoms with Crippen LogP contribution in [0.1, 0.15) is 12.5 Å². The fourth-order valence-electron chi connectivity index (χ4n) is 2.62. The maximum absolute atomic E-state index is 12.2. The van der Waals surface area contributed by atoms with Gasteiger partial charge in [0, 0.05) is 39.3 Å². The average Bonchev–Trinajstić information content (AvgIpc) is 2.55. The topological polar surface area (TPSA) is 95.7 Å². The number of carbonyl (C=O) groups is 1. The Labute approximate surface area is 168 Å². The van der Waals surface area contributed by atoms with Gasteiger partial charge in [-0.1, -0.05) is 17.7 Å². The number of benzene rings is 1. The van der Waals surface area contributed by atoms with Gasteiger partial charge in [0.25, 0.3) is 0 Å². The summed E-state index contributed by atoms with van der Waals surface area (Å²) < 4.78 is 27.0. The molecular weight excluding hydrogens is 399 g/mol. The van der Waals surface area contributed by atoms with Gasteiger partial charge >= 0.3 is 0 Å². The molecule has 150 valence electrons. The zero-order valence-corrected chi connectivity index (χ0v) is 17.5. The van der Waals surface area contributed by atoms with Crippen LogP contribution in [0.15, 0.2) is 29.2 Å². The Hall–Kier alpha value is -0.900. The van der Waals surface area contributed by atoms with Gasteiger partial charge in [0.2, 0.25) is 15.9 Å². The quantitative estimate of drug-likeness (QED) is 0.694. The molecule has 0 saturated carbocycles. The standard InChI is InChI=1S/C16H26N4O3S.2ClH/c1-13-3-5-15(6-4-13)24(22,23)18-7-8-19-9-11-20(12-10-19)16(21)14(2)17;;/h3-6,14,18H,7-12,17H2,1-2H3;2*1H/t14-;;/m1../s1. The van der Waals surface area contributed by atoms with Crippen molar-refractivity contribution in [2.24, 2.45) is 5.73 Å². The molecule has 10 heteroatoms. The highest BCUT2D eigenvalue weighted by Crippen LogP contribution is 2.09. The van der Waals surface area contributed by atoms with Crippen LogP contribution in [0.5, 0.6) is 0 Å². The third-order valence-corrected chi connectivity index (χ3v) is 5.60. The monoisotopic (exact) mass is 426 g/mol. The summed E-state index contributed by atoms with van der Waals surface area (Å²) in [6.45, 7) is 7.28. The van der Waals surface area contributed by atoms with Gasteiger partial charge in [0.15, 0.2) is 0 Å². The first-order valence-corrected chi connectivity index (χ1v) is 9.61. The summed E-state index contributed by atoms with van der Waals surface area (Å²) in [4.78, 5) is 16.0. The van der Waals surface area contributed by atoms with E-state index >= 15 is 0 Å². The van der Waals surface area contributed by atoms with Crippen LogP contribution in [-0.4, -0.2) is 69.4 Å². The van der Waals surface area contributed by atoms with Crippen molar-refractivity contribution in [3.8, 4) is 0 Å². The van der Waals surface area contributed by atoms with Crippen molar-refractivity contribution < 1.29 is 13.2 Å². The van der Waals surface area contributed by atoms with Crippen molar-refractivity contribution in [2.45, 2.75) is 24.8 Å². The van der Waals surface area contributed by atoms with E-state index in [2.05, 4.69) is 9.62 Å². The molecule has 1 atom stereocenters. The molecule has 1 fully saturated rings. The first-order chi connectivity index (χ1) is 11.3. The Balaban J connectivity index is 0.00000312. The van der Waals surface area contributed by atoms with Crippen LogP contribution in [-0.2, 0) is 14.8 Å². The van der Waals surface area contributed by atoms with Crippen molar-refractivity contribution in [3.05, 3.63) is 29.8 Å². The molecule has 1 saturated heterocycles. The van der Waals surface area contributed by atoms with Crippen LogP contribution in [0.3, 0.4) is 0 Å². The van der Waals surface area contributed by atoms with Crippen molar-refractivity contribution in [2.75, 3.05) is 39.3 Å². The average molecular weight is 427 g/mol. The molecule has 1 aromatic rings. The summed E-state index contributed by atoms with van der Waals surface area (Å²) in [6, 6.07) is 6.30. The molecule has 1 amide bonds. The summed E-state index contributed by atoms with van der Waals surface area (Å²) in [5.41, 5.74) is 6.63. The Bertz CT molecular complexity index is 661. The molecule has 0 aromatic heterocycles. The number of piperazine rings is 1. The molecule has 1 aromatic carbocycles. The van der Waals surface area contributed by atoms with Gasteiger partial charge in [0.05, 0.1) is 10.9 Å². The Morgan fingerprint density at radius 2 is 1.69 bits per heavy atom. The van der Waals surface area contributed by atoms with E-state index < -0.39 is 16.1 Å². The van der Waals surface area contributed by atoms with E-state index in [1.165, 1.54) is 0 Å². The highest BCUT2D eigenvalue weighted by molar-refractivity contribution is 7.89. The van der Waals surface area contributed by atoms with Gasteiger partial charge < -0.3 is 10.6 Å². The Morgan fingerprint density at radius 3 is 2.19 bits per heavy atom. The zero-order chi connectivity index (χ0) is 17.7. The maximum Gasteiger partial charge on any atom is 0.240 e. The molecule has 0 bridgehead atoms. The van der Waals surface area contributed by atoms with Crippen molar-refractivity contribution in [1.82, 2.24) is 14.5 Å². The smallest absolute Gasteiger partial charge is 0.240 e. The molecule has 26 heavy (non-hydrogen) atoms. The van der Waals surface area contributed by atoms with Crippen LogP contribution in [0, 0.1) is 6.92 Å². The van der Waals surface area contributed by atoms with Crippen molar-refractivity contribution in [3.63, 3.8) is 0 Å². The first-order valence-electron chi connectivity index (χ1n) is 8.12. The van der Waals surface area contributed by atoms with Gasteiger partial charge in [0.1, 0.15) is 0 Å². The molecule has 1 aliphatic rings. The molecule has 0 spiro atoms. The SMILES string of the molecule is Cc1ccc(S(=O)(=O)NCCN2CCN(C(=O)[C@@H](C)N)CC2)cc1.Cl.Cl. The van der Waals surface area contributed by atoms with E-state index in [4.69, 9.17) is 5.73 Å². The van der Waals surface area contributed by atoms with Crippen LogP contribution >= 0.6 is 24.8 Å². The molecule has 0 aliphatic carbocycles.